The van der Waals surface area contributed by atoms with Crippen molar-refractivity contribution >= 4 is 10.0 Å². The molecule has 16 heavy (non-hydrogen) atoms. The number of H-pyrrole nitrogens is 1. The number of aromatic nitrogens is 2. The highest BCUT2D eigenvalue weighted by Crippen LogP contribution is 2.13. The maximum atomic E-state index is 11.9. The van der Waals surface area contributed by atoms with Crippen LogP contribution in [0.1, 0.15) is 19.5 Å². The first-order valence-corrected chi connectivity index (χ1v) is 6.28. The van der Waals surface area contributed by atoms with Gasteiger partial charge in [-0.1, -0.05) is 13.8 Å². The fourth-order valence-electron chi connectivity index (χ4n) is 1.15. The molecular formula is C9H14N4O2S. The van der Waals surface area contributed by atoms with Gasteiger partial charge in [0, 0.05) is 0 Å². The highest BCUT2D eigenvalue weighted by Gasteiger charge is 2.24. The first kappa shape index (κ1) is 12.7. The summed E-state index contributed by atoms with van der Waals surface area (Å²) in [4.78, 5) is 0.0772. The van der Waals surface area contributed by atoms with E-state index in [2.05, 4.69) is 14.9 Å². The van der Waals surface area contributed by atoms with E-state index in [1.165, 1.54) is 6.20 Å². The number of hydrogen-bond donors (Lipinski definition) is 2. The summed E-state index contributed by atoms with van der Waals surface area (Å²) in [6, 6.07) is 1.18. The van der Waals surface area contributed by atoms with Crippen LogP contribution in [0, 0.1) is 24.2 Å². The average Bonchev–Trinajstić information content (AvgIpc) is 2.61. The van der Waals surface area contributed by atoms with Gasteiger partial charge in [0.15, 0.2) is 0 Å². The molecule has 2 N–H and O–H groups in total. The van der Waals surface area contributed by atoms with Crippen LogP contribution in [0.4, 0.5) is 0 Å². The average molecular weight is 242 g/mol. The van der Waals surface area contributed by atoms with Crippen molar-refractivity contribution in [3.8, 4) is 6.07 Å². The molecular weight excluding hydrogens is 228 g/mol. The van der Waals surface area contributed by atoms with Gasteiger partial charge in [0.1, 0.15) is 10.9 Å². The van der Waals surface area contributed by atoms with Crippen molar-refractivity contribution in [2.24, 2.45) is 5.92 Å². The lowest BCUT2D eigenvalue weighted by Crippen LogP contribution is -2.37. The van der Waals surface area contributed by atoms with Crippen LogP contribution in [-0.2, 0) is 10.0 Å². The van der Waals surface area contributed by atoms with E-state index in [9.17, 15) is 8.42 Å². The molecule has 0 amide bonds. The van der Waals surface area contributed by atoms with Crippen molar-refractivity contribution in [2.45, 2.75) is 31.7 Å². The standard InChI is InChI=1S/C9H14N4O2S/c1-6(2)8(4-10)13-16(14,15)9-5-11-12-7(9)3/h5-6,8,13H,1-3H3,(H,11,12). The summed E-state index contributed by atoms with van der Waals surface area (Å²) in [6.45, 7) is 5.16. The summed E-state index contributed by atoms with van der Waals surface area (Å²) < 4.78 is 26.1. The van der Waals surface area contributed by atoms with Gasteiger partial charge in [0.25, 0.3) is 0 Å². The van der Waals surface area contributed by atoms with Crippen molar-refractivity contribution in [3.63, 3.8) is 0 Å². The molecule has 1 unspecified atom stereocenters. The zero-order chi connectivity index (χ0) is 12.3. The summed E-state index contributed by atoms with van der Waals surface area (Å²) >= 11 is 0. The highest BCUT2D eigenvalue weighted by molar-refractivity contribution is 7.89. The van der Waals surface area contributed by atoms with Crippen LogP contribution in [0.2, 0.25) is 0 Å². The number of hydrogen-bond acceptors (Lipinski definition) is 4. The minimum atomic E-state index is -3.67. The second kappa shape index (κ2) is 4.63. The molecule has 1 aromatic rings. The summed E-state index contributed by atoms with van der Waals surface area (Å²) in [5, 5.41) is 15.0. The van der Waals surface area contributed by atoms with Crippen LogP contribution in [0.3, 0.4) is 0 Å². The number of sulfonamides is 1. The topological polar surface area (TPSA) is 98.6 Å². The zero-order valence-electron chi connectivity index (χ0n) is 9.35. The fraction of sp³-hybridized carbons (Fsp3) is 0.556. The minimum absolute atomic E-state index is 0.0772. The van der Waals surface area contributed by atoms with Gasteiger partial charge in [-0.25, -0.2) is 8.42 Å². The van der Waals surface area contributed by atoms with E-state index < -0.39 is 16.1 Å². The van der Waals surface area contributed by atoms with Crippen LogP contribution in [-0.4, -0.2) is 24.7 Å². The predicted octanol–water partition coefficient (Wildman–Crippen LogP) is 0.545. The summed E-state index contributed by atoms with van der Waals surface area (Å²) in [5.41, 5.74) is 0.452. The molecule has 1 atom stereocenters. The Morgan fingerprint density at radius 2 is 2.19 bits per heavy atom. The zero-order valence-corrected chi connectivity index (χ0v) is 10.2. The van der Waals surface area contributed by atoms with Crippen molar-refractivity contribution in [3.05, 3.63) is 11.9 Å². The summed E-state index contributed by atoms with van der Waals surface area (Å²) in [5.74, 6) is -0.0908. The van der Waals surface area contributed by atoms with Crippen molar-refractivity contribution in [1.29, 1.82) is 5.26 Å². The van der Waals surface area contributed by atoms with E-state index >= 15 is 0 Å². The van der Waals surface area contributed by atoms with E-state index in [1.54, 1.807) is 20.8 Å². The molecule has 1 aromatic heterocycles. The molecule has 0 saturated carbocycles. The number of aryl methyl sites for hydroxylation is 1. The van der Waals surface area contributed by atoms with Gasteiger partial charge in [-0.05, 0) is 12.8 Å². The normalized spacial score (nSPS) is 13.7. The Bertz CT molecular complexity index is 498. The van der Waals surface area contributed by atoms with Crippen LogP contribution in [0.5, 0.6) is 0 Å². The Hall–Kier alpha value is -1.39. The van der Waals surface area contributed by atoms with Gasteiger partial charge in [-0.3, -0.25) is 5.10 Å². The first-order valence-electron chi connectivity index (χ1n) is 4.80. The van der Waals surface area contributed by atoms with Gasteiger partial charge in [-0.2, -0.15) is 15.1 Å². The van der Waals surface area contributed by atoms with Crippen LogP contribution < -0.4 is 4.72 Å². The molecule has 0 radical (unpaired) electrons. The van der Waals surface area contributed by atoms with E-state index in [1.807, 2.05) is 6.07 Å². The minimum Gasteiger partial charge on any atom is -0.281 e. The third kappa shape index (κ3) is 2.59. The molecule has 6 nitrogen and oxygen atoms in total. The van der Waals surface area contributed by atoms with Gasteiger partial charge >= 0.3 is 0 Å². The first-order chi connectivity index (χ1) is 7.38. The molecule has 1 heterocycles. The molecule has 0 aliphatic carbocycles. The van der Waals surface area contributed by atoms with Gasteiger partial charge < -0.3 is 0 Å². The lowest BCUT2D eigenvalue weighted by Gasteiger charge is -2.14. The highest BCUT2D eigenvalue weighted by atomic mass is 32.2. The molecule has 1 rings (SSSR count). The van der Waals surface area contributed by atoms with Gasteiger partial charge in [0.2, 0.25) is 10.0 Å². The fourth-order valence-corrected chi connectivity index (χ4v) is 2.58. The van der Waals surface area contributed by atoms with Crippen LogP contribution >= 0.6 is 0 Å². The van der Waals surface area contributed by atoms with E-state index in [4.69, 9.17) is 5.26 Å². The maximum absolute atomic E-state index is 11.9. The van der Waals surface area contributed by atoms with E-state index in [0.717, 1.165) is 0 Å². The van der Waals surface area contributed by atoms with Gasteiger partial charge in [-0.15, -0.1) is 0 Å². The number of nitrogens with zero attached hydrogens (tertiary/aromatic N) is 2. The molecule has 0 aliphatic rings. The molecule has 0 bridgehead atoms. The Morgan fingerprint density at radius 3 is 2.56 bits per heavy atom. The maximum Gasteiger partial charge on any atom is 0.245 e. The molecule has 88 valence electrons. The van der Waals surface area contributed by atoms with Crippen molar-refractivity contribution in [1.82, 2.24) is 14.9 Å². The van der Waals surface area contributed by atoms with Crippen molar-refractivity contribution < 1.29 is 8.42 Å². The van der Waals surface area contributed by atoms with E-state index in [-0.39, 0.29) is 10.8 Å². The summed E-state index contributed by atoms with van der Waals surface area (Å²) in [7, 11) is -3.67. The van der Waals surface area contributed by atoms with Gasteiger partial charge in [0.05, 0.1) is 18.0 Å². The molecule has 0 aliphatic heterocycles. The molecule has 0 spiro atoms. The quantitative estimate of drug-likeness (QED) is 0.805. The predicted molar refractivity (Wildman–Crippen MR) is 57.9 cm³/mol. The molecule has 0 saturated heterocycles. The number of rotatable bonds is 4. The Labute approximate surface area is 94.7 Å². The SMILES string of the molecule is Cc1[nH]ncc1S(=O)(=O)NC(C#N)C(C)C. The third-order valence-corrected chi connectivity index (χ3v) is 3.72. The third-order valence-electron chi connectivity index (χ3n) is 2.16. The Balaban J connectivity index is 2.98. The smallest absolute Gasteiger partial charge is 0.245 e. The second-order valence-electron chi connectivity index (χ2n) is 3.83. The van der Waals surface area contributed by atoms with Crippen LogP contribution in [0.25, 0.3) is 0 Å². The Kier molecular flexibility index (Phi) is 3.67. The molecule has 7 heteroatoms. The lowest BCUT2D eigenvalue weighted by molar-refractivity contribution is 0.515. The van der Waals surface area contributed by atoms with Crippen molar-refractivity contribution in [2.75, 3.05) is 0 Å². The van der Waals surface area contributed by atoms with E-state index in [0.29, 0.717) is 5.69 Å². The molecule has 0 fully saturated rings. The number of nitriles is 1. The largest absolute Gasteiger partial charge is 0.281 e. The molecule has 0 aromatic carbocycles. The monoisotopic (exact) mass is 242 g/mol. The lowest BCUT2D eigenvalue weighted by atomic mass is 10.1. The number of aromatic amines is 1. The number of nitrogens with one attached hydrogen (secondary N) is 2. The van der Waals surface area contributed by atoms with Crippen LogP contribution in [0.15, 0.2) is 11.1 Å². The summed E-state index contributed by atoms with van der Waals surface area (Å²) in [6.07, 6.45) is 1.23. The Morgan fingerprint density at radius 1 is 1.56 bits per heavy atom. The second-order valence-corrected chi connectivity index (χ2v) is 5.51.